The number of hydrogen-bond acceptors (Lipinski definition) is 6. The zero-order valence-corrected chi connectivity index (χ0v) is 15.5. The Morgan fingerprint density at radius 2 is 2.15 bits per heavy atom. The maximum atomic E-state index is 12.1. The Labute approximate surface area is 159 Å². The van der Waals surface area contributed by atoms with Crippen molar-refractivity contribution in [3.05, 3.63) is 44.0 Å². The average Bonchev–Trinajstić information content (AvgIpc) is 3.26. The second kappa shape index (κ2) is 8.63. The van der Waals surface area contributed by atoms with E-state index in [1.807, 2.05) is 12.1 Å². The standard InChI is InChI=1S/C18H21N5O3S/c19-18-22-15-14(17(26)23-18)11(10-21-15)4-3-5-12-6-7-13(27-12)16(25)20-8-1-2-9-24/h6-7,9-10H,1-5,8H2,(H,20,25)(H4,19,21,22,23,26). The number of fused-ring (bicyclic) bond motifs is 1. The maximum absolute atomic E-state index is 12.1. The minimum Gasteiger partial charge on any atom is -0.369 e. The van der Waals surface area contributed by atoms with Crippen LogP contribution in [-0.4, -0.2) is 33.7 Å². The van der Waals surface area contributed by atoms with E-state index in [-0.39, 0.29) is 17.4 Å². The number of thiophene rings is 1. The summed E-state index contributed by atoms with van der Waals surface area (Å²) in [6, 6.07) is 3.77. The Hall–Kier alpha value is -2.94. The van der Waals surface area contributed by atoms with Gasteiger partial charge in [-0.1, -0.05) is 0 Å². The number of nitrogens with one attached hydrogen (secondary N) is 3. The minimum atomic E-state index is -0.238. The van der Waals surface area contributed by atoms with Gasteiger partial charge in [0, 0.05) is 24.0 Å². The number of aryl methyl sites for hydroxylation is 2. The van der Waals surface area contributed by atoms with Crippen LogP contribution in [0, 0.1) is 0 Å². The first-order chi connectivity index (χ1) is 13.1. The Kier molecular flexibility index (Phi) is 6.02. The maximum Gasteiger partial charge on any atom is 0.262 e. The molecule has 0 aliphatic heterocycles. The van der Waals surface area contributed by atoms with Crippen molar-refractivity contribution >= 4 is 40.5 Å². The molecule has 142 valence electrons. The van der Waals surface area contributed by atoms with Gasteiger partial charge in [-0.2, -0.15) is 4.98 Å². The highest BCUT2D eigenvalue weighted by atomic mass is 32.1. The summed E-state index contributed by atoms with van der Waals surface area (Å²) in [7, 11) is 0. The van der Waals surface area contributed by atoms with Crippen LogP contribution in [0.15, 0.2) is 23.1 Å². The van der Waals surface area contributed by atoms with Crippen LogP contribution in [0.4, 0.5) is 5.95 Å². The Bertz CT molecular complexity index is 1000. The van der Waals surface area contributed by atoms with E-state index >= 15 is 0 Å². The number of rotatable bonds is 9. The van der Waals surface area contributed by atoms with E-state index < -0.39 is 0 Å². The molecule has 0 atom stereocenters. The van der Waals surface area contributed by atoms with Crippen LogP contribution in [0.3, 0.4) is 0 Å². The number of hydrogen-bond donors (Lipinski definition) is 4. The first kappa shape index (κ1) is 18.8. The third-order valence-electron chi connectivity index (χ3n) is 4.18. The number of unbranched alkanes of at least 4 members (excludes halogenated alkanes) is 1. The van der Waals surface area contributed by atoms with Gasteiger partial charge >= 0.3 is 0 Å². The van der Waals surface area contributed by atoms with E-state index in [4.69, 9.17) is 5.73 Å². The van der Waals surface area contributed by atoms with Crippen LogP contribution in [0.2, 0.25) is 0 Å². The number of aromatic amines is 2. The van der Waals surface area contributed by atoms with Gasteiger partial charge in [-0.3, -0.25) is 14.6 Å². The highest BCUT2D eigenvalue weighted by Gasteiger charge is 2.11. The number of amides is 1. The lowest BCUT2D eigenvalue weighted by atomic mass is 10.1. The number of nitrogens with zero attached hydrogens (tertiary/aromatic N) is 1. The lowest BCUT2D eigenvalue weighted by Gasteiger charge is -2.01. The number of H-pyrrole nitrogens is 2. The SMILES string of the molecule is Nc1nc2[nH]cc(CCCc3ccc(C(=O)NCCCC=O)s3)c2c(=O)[nH]1. The number of carbonyl (C=O) groups excluding carboxylic acids is 2. The molecule has 0 aliphatic carbocycles. The van der Waals surface area contributed by atoms with E-state index in [2.05, 4.69) is 20.3 Å². The molecule has 0 radical (unpaired) electrons. The molecule has 0 saturated carbocycles. The van der Waals surface area contributed by atoms with Gasteiger partial charge in [-0.15, -0.1) is 11.3 Å². The second-order valence-corrected chi connectivity index (χ2v) is 7.34. The summed E-state index contributed by atoms with van der Waals surface area (Å²) in [5.41, 5.74) is 6.71. The molecule has 8 nitrogen and oxygen atoms in total. The highest BCUT2D eigenvalue weighted by molar-refractivity contribution is 7.14. The molecule has 3 aromatic heterocycles. The van der Waals surface area contributed by atoms with Crippen LogP contribution < -0.4 is 16.6 Å². The smallest absolute Gasteiger partial charge is 0.262 e. The zero-order valence-electron chi connectivity index (χ0n) is 14.7. The van der Waals surface area contributed by atoms with Gasteiger partial charge in [0.2, 0.25) is 5.95 Å². The van der Waals surface area contributed by atoms with Crippen LogP contribution >= 0.6 is 11.3 Å². The van der Waals surface area contributed by atoms with Crippen molar-refractivity contribution in [2.45, 2.75) is 32.1 Å². The number of anilines is 1. The molecule has 27 heavy (non-hydrogen) atoms. The monoisotopic (exact) mass is 387 g/mol. The molecule has 3 heterocycles. The van der Waals surface area contributed by atoms with Gasteiger partial charge in [-0.25, -0.2) is 0 Å². The predicted octanol–water partition coefficient (Wildman–Crippen LogP) is 1.78. The van der Waals surface area contributed by atoms with Crippen LogP contribution in [-0.2, 0) is 17.6 Å². The summed E-state index contributed by atoms with van der Waals surface area (Å²) in [6.45, 7) is 0.498. The van der Waals surface area contributed by atoms with Crippen LogP contribution in [0.1, 0.15) is 39.4 Å². The predicted molar refractivity (Wildman–Crippen MR) is 105 cm³/mol. The molecule has 0 spiro atoms. The molecule has 3 aromatic rings. The van der Waals surface area contributed by atoms with Crippen molar-refractivity contribution in [3.63, 3.8) is 0 Å². The number of nitrogen functional groups attached to an aromatic ring is 1. The van der Waals surface area contributed by atoms with Gasteiger partial charge in [-0.05, 0) is 43.4 Å². The number of aldehydes is 1. The fourth-order valence-electron chi connectivity index (χ4n) is 2.88. The van der Waals surface area contributed by atoms with Crippen molar-refractivity contribution in [2.75, 3.05) is 12.3 Å². The first-order valence-electron chi connectivity index (χ1n) is 8.75. The molecule has 5 N–H and O–H groups in total. The first-order valence-corrected chi connectivity index (χ1v) is 9.56. The third-order valence-corrected chi connectivity index (χ3v) is 5.32. The minimum absolute atomic E-state index is 0.0939. The Balaban J connectivity index is 1.54. The third kappa shape index (κ3) is 4.62. The normalized spacial score (nSPS) is 11.0. The van der Waals surface area contributed by atoms with E-state index in [1.54, 1.807) is 6.20 Å². The topological polar surface area (TPSA) is 134 Å². The van der Waals surface area contributed by atoms with E-state index in [1.165, 1.54) is 11.3 Å². The van der Waals surface area contributed by atoms with Crippen LogP contribution in [0.25, 0.3) is 11.0 Å². The lowest BCUT2D eigenvalue weighted by molar-refractivity contribution is -0.107. The van der Waals surface area contributed by atoms with Crippen molar-refractivity contribution in [1.29, 1.82) is 0 Å². The zero-order chi connectivity index (χ0) is 19.2. The van der Waals surface area contributed by atoms with E-state index in [9.17, 15) is 14.4 Å². The summed E-state index contributed by atoms with van der Waals surface area (Å²) in [5, 5.41) is 3.36. The van der Waals surface area contributed by atoms with Crippen LogP contribution in [0.5, 0.6) is 0 Å². The molecule has 0 unspecified atom stereocenters. The lowest BCUT2D eigenvalue weighted by Crippen LogP contribution is -2.23. The van der Waals surface area contributed by atoms with Gasteiger partial charge in [0.15, 0.2) is 0 Å². The Morgan fingerprint density at radius 1 is 1.30 bits per heavy atom. The van der Waals surface area contributed by atoms with Gasteiger partial charge in [0.1, 0.15) is 11.9 Å². The van der Waals surface area contributed by atoms with Crippen molar-refractivity contribution in [2.24, 2.45) is 0 Å². The van der Waals surface area contributed by atoms with Gasteiger partial charge < -0.3 is 20.8 Å². The molecule has 0 aromatic carbocycles. The summed E-state index contributed by atoms with van der Waals surface area (Å²) >= 11 is 1.46. The molecule has 3 rings (SSSR count). The van der Waals surface area contributed by atoms with Crippen molar-refractivity contribution < 1.29 is 9.59 Å². The highest BCUT2D eigenvalue weighted by Crippen LogP contribution is 2.20. The number of aromatic nitrogens is 3. The molecule has 0 bridgehead atoms. The number of carbonyl (C=O) groups is 2. The van der Waals surface area contributed by atoms with E-state index in [0.717, 1.165) is 36.0 Å². The molecule has 0 aliphatic rings. The van der Waals surface area contributed by atoms with Gasteiger partial charge in [0.05, 0.1) is 10.3 Å². The molecule has 1 amide bonds. The molecule has 9 heteroatoms. The largest absolute Gasteiger partial charge is 0.369 e. The van der Waals surface area contributed by atoms with Crippen molar-refractivity contribution in [1.82, 2.24) is 20.3 Å². The summed E-state index contributed by atoms with van der Waals surface area (Å²) in [5.74, 6) is -0.0135. The van der Waals surface area contributed by atoms with Gasteiger partial charge in [0.25, 0.3) is 11.5 Å². The molecule has 0 fully saturated rings. The molecule has 0 saturated heterocycles. The summed E-state index contributed by atoms with van der Waals surface area (Å²) < 4.78 is 0. The Morgan fingerprint density at radius 3 is 2.96 bits per heavy atom. The second-order valence-electron chi connectivity index (χ2n) is 6.17. The number of nitrogens with two attached hydrogens (primary N) is 1. The quantitative estimate of drug-likeness (QED) is 0.328. The summed E-state index contributed by atoms with van der Waals surface area (Å²) in [6.07, 6.45) is 6.13. The summed E-state index contributed by atoms with van der Waals surface area (Å²) in [4.78, 5) is 45.7. The average molecular weight is 387 g/mol. The van der Waals surface area contributed by atoms with E-state index in [0.29, 0.717) is 35.3 Å². The fourth-order valence-corrected chi connectivity index (χ4v) is 3.85. The molecular weight excluding hydrogens is 366 g/mol. The van der Waals surface area contributed by atoms with Crippen molar-refractivity contribution in [3.8, 4) is 0 Å². The fraction of sp³-hybridized carbons (Fsp3) is 0.333. The molecular formula is C18H21N5O3S.